The molecule has 0 aliphatic rings. The number of nitrogens with zero attached hydrogens (tertiary/aromatic N) is 1. The van der Waals surface area contributed by atoms with Gasteiger partial charge in [-0.1, -0.05) is 0 Å². The molecule has 0 saturated carbocycles. The number of nitrogens with one attached hydrogen (secondary N) is 1. The molecular weight excluding hydrogens is 449 g/mol. The number of hydrogen-bond acceptors (Lipinski definition) is 5. The number of carbonyl (C=O) groups is 1. The summed E-state index contributed by atoms with van der Waals surface area (Å²) >= 11 is 2.99. The van der Waals surface area contributed by atoms with Crippen LogP contribution in [0.25, 0.3) is 0 Å². The zero-order valence-electron chi connectivity index (χ0n) is 14.4. The zero-order valence-corrected chi connectivity index (χ0v) is 16.0. The Bertz CT molecular complexity index is 890. The molecule has 0 atom stereocenters. The molecule has 2 rings (SSSR count). The fraction of sp³-hybridized carbons (Fsp3) is 0.235. The van der Waals surface area contributed by atoms with Gasteiger partial charge in [-0.3, -0.25) is 14.9 Å². The van der Waals surface area contributed by atoms with E-state index in [0.717, 1.165) is 24.3 Å². The van der Waals surface area contributed by atoms with E-state index in [-0.39, 0.29) is 40.4 Å². The standard InChI is InChI=1S/C17H14BrF3N2O5/c1-27-6-7-28-15-5-3-11(17(19,20)21)9-13(15)22-16(24)10-2-4-12(18)14(8-10)23(25)26/h2-5,8-9H,6-7H2,1H3,(H,22,24). The van der Waals surface area contributed by atoms with Gasteiger partial charge in [-0.05, 0) is 46.3 Å². The molecule has 0 heterocycles. The minimum Gasteiger partial charge on any atom is -0.489 e. The Labute approximate surface area is 165 Å². The van der Waals surface area contributed by atoms with Crippen molar-refractivity contribution >= 4 is 33.2 Å². The maximum absolute atomic E-state index is 13.0. The second-order valence-corrected chi connectivity index (χ2v) is 6.28. The number of hydrogen-bond donors (Lipinski definition) is 1. The first-order valence-electron chi connectivity index (χ1n) is 7.71. The first-order chi connectivity index (χ1) is 13.1. The Balaban J connectivity index is 2.35. The lowest BCUT2D eigenvalue weighted by Gasteiger charge is -2.15. The number of nitro benzene ring substituents is 1. The number of methoxy groups -OCH3 is 1. The van der Waals surface area contributed by atoms with E-state index in [4.69, 9.17) is 9.47 Å². The number of nitro groups is 1. The van der Waals surface area contributed by atoms with Crippen molar-refractivity contribution in [1.82, 2.24) is 0 Å². The van der Waals surface area contributed by atoms with Crippen molar-refractivity contribution in [1.29, 1.82) is 0 Å². The molecule has 0 saturated heterocycles. The van der Waals surface area contributed by atoms with Crippen molar-refractivity contribution in [3.05, 3.63) is 62.1 Å². The molecule has 0 spiro atoms. The van der Waals surface area contributed by atoms with Gasteiger partial charge < -0.3 is 14.8 Å². The number of amides is 1. The third kappa shape index (κ3) is 5.42. The molecule has 0 radical (unpaired) electrons. The smallest absolute Gasteiger partial charge is 0.416 e. The average molecular weight is 463 g/mol. The number of anilines is 1. The molecule has 28 heavy (non-hydrogen) atoms. The molecule has 0 aliphatic heterocycles. The SMILES string of the molecule is COCCOc1ccc(C(F)(F)F)cc1NC(=O)c1ccc(Br)c([N+](=O)[O-])c1. The highest BCUT2D eigenvalue weighted by atomic mass is 79.9. The van der Waals surface area contributed by atoms with Gasteiger partial charge in [0, 0.05) is 18.7 Å². The first kappa shape index (κ1) is 21.6. The second kappa shape index (κ2) is 9.02. The summed E-state index contributed by atoms with van der Waals surface area (Å²) in [6.07, 6.45) is -4.62. The van der Waals surface area contributed by atoms with E-state index >= 15 is 0 Å². The number of rotatable bonds is 7. The van der Waals surface area contributed by atoms with Gasteiger partial charge in [0.2, 0.25) is 0 Å². The van der Waals surface area contributed by atoms with Crippen LogP contribution in [0, 0.1) is 10.1 Å². The van der Waals surface area contributed by atoms with Gasteiger partial charge in [-0.15, -0.1) is 0 Å². The Kier molecular flexibility index (Phi) is 6.97. The van der Waals surface area contributed by atoms with Crippen LogP contribution in [0.2, 0.25) is 0 Å². The third-order valence-corrected chi connectivity index (χ3v) is 4.18. The van der Waals surface area contributed by atoms with E-state index in [1.807, 2.05) is 0 Å². The first-order valence-corrected chi connectivity index (χ1v) is 8.51. The van der Waals surface area contributed by atoms with Crippen LogP contribution in [0.5, 0.6) is 5.75 Å². The fourth-order valence-corrected chi connectivity index (χ4v) is 2.54. The highest BCUT2D eigenvalue weighted by molar-refractivity contribution is 9.10. The maximum atomic E-state index is 13.0. The summed E-state index contributed by atoms with van der Waals surface area (Å²) in [5.41, 5.74) is -1.66. The average Bonchev–Trinajstić information content (AvgIpc) is 2.62. The topological polar surface area (TPSA) is 90.7 Å². The van der Waals surface area contributed by atoms with Crippen LogP contribution in [0.4, 0.5) is 24.5 Å². The Morgan fingerprint density at radius 3 is 2.54 bits per heavy atom. The van der Waals surface area contributed by atoms with E-state index in [0.29, 0.717) is 0 Å². The number of carbonyl (C=O) groups excluding carboxylic acids is 1. The lowest BCUT2D eigenvalue weighted by atomic mass is 10.1. The Morgan fingerprint density at radius 2 is 1.93 bits per heavy atom. The highest BCUT2D eigenvalue weighted by Crippen LogP contribution is 2.35. The molecule has 0 unspecified atom stereocenters. The van der Waals surface area contributed by atoms with Crippen molar-refractivity contribution in [3.63, 3.8) is 0 Å². The Hall–Kier alpha value is -2.66. The fourth-order valence-electron chi connectivity index (χ4n) is 2.15. The lowest BCUT2D eigenvalue weighted by Crippen LogP contribution is -2.15. The van der Waals surface area contributed by atoms with Crippen molar-refractivity contribution in [2.24, 2.45) is 0 Å². The normalized spacial score (nSPS) is 11.2. The molecule has 11 heteroatoms. The van der Waals surface area contributed by atoms with E-state index < -0.39 is 22.6 Å². The molecule has 2 aromatic rings. The van der Waals surface area contributed by atoms with Gasteiger partial charge in [-0.2, -0.15) is 13.2 Å². The van der Waals surface area contributed by atoms with E-state index in [2.05, 4.69) is 21.2 Å². The summed E-state index contributed by atoms with van der Waals surface area (Å²) in [4.78, 5) is 22.7. The minimum absolute atomic E-state index is 0.00464. The van der Waals surface area contributed by atoms with Crippen LogP contribution in [0.15, 0.2) is 40.9 Å². The zero-order chi connectivity index (χ0) is 20.9. The molecule has 150 valence electrons. The number of benzene rings is 2. The molecule has 7 nitrogen and oxygen atoms in total. The predicted molar refractivity (Wildman–Crippen MR) is 97.6 cm³/mol. The summed E-state index contributed by atoms with van der Waals surface area (Å²) in [5.74, 6) is -0.823. The van der Waals surface area contributed by atoms with Gasteiger partial charge in [0.05, 0.1) is 27.3 Å². The summed E-state index contributed by atoms with van der Waals surface area (Å²) < 4.78 is 49.3. The number of ether oxygens (including phenoxy) is 2. The van der Waals surface area contributed by atoms with Crippen LogP contribution in [-0.2, 0) is 10.9 Å². The van der Waals surface area contributed by atoms with Crippen molar-refractivity contribution in [3.8, 4) is 5.75 Å². The minimum atomic E-state index is -4.62. The quantitative estimate of drug-likeness (QED) is 0.367. The lowest BCUT2D eigenvalue weighted by molar-refractivity contribution is -0.385. The molecule has 0 aromatic heterocycles. The van der Waals surface area contributed by atoms with Crippen LogP contribution < -0.4 is 10.1 Å². The molecule has 2 aromatic carbocycles. The summed E-state index contributed by atoms with van der Waals surface area (Å²) in [6.45, 7) is 0.238. The van der Waals surface area contributed by atoms with Gasteiger partial charge in [0.25, 0.3) is 11.6 Å². The molecule has 0 aliphatic carbocycles. The monoisotopic (exact) mass is 462 g/mol. The third-order valence-electron chi connectivity index (χ3n) is 3.51. The van der Waals surface area contributed by atoms with Crippen LogP contribution >= 0.6 is 15.9 Å². The number of alkyl halides is 3. The molecule has 0 fully saturated rings. The van der Waals surface area contributed by atoms with Gasteiger partial charge in [0.1, 0.15) is 12.4 Å². The number of halogens is 4. The predicted octanol–water partition coefficient (Wildman–Crippen LogP) is 4.65. The Morgan fingerprint density at radius 1 is 1.21 bits per heavy atom. The largest absolute Gasteiger partial charge is 0.489 e. The maximum Gasteiger partial charge on any atom is 0.416 e. The summed E-state index contributed by atoms with van der Waals surface area (Å²) in [7, 11) is 1.43. The van der Waals surface area contributed by atoms with Crippen LogP contribution in [-0.4, -0.2) is 31.2 Å². The van der Waals surface area contributed by atoms with E-state index in [1.54, 1.807) is 0 Å². The second-order valence-electron chi connectivity index (χ2n) is 5.43. The van der Waals surface area contributed by atoms with Crippen molar-refractivity contribution < 1.29 is 32.4 Å². The van der Waals surface area contributed by atoms with Crippen LogP contribution in [0.3, 0.4) is 0 Å². The highest BCUT2D eigenvalue weighted by Gasteiger charge is 2.31. The molecule has 0 bridgehead atoms. The van der Waals surface area contributed by atoms with Gasteiger partial charge in [-0.25, -0.2) is 0 Å². The van der Waals surface area contributed by atoms with Gasteiger partial charge in [0.15, 0.2) is 0 Å². The molecular formula is C17H14BrF3N2O5. The molecule has 1 N–H and O–H groups in total. The summed E-state index contributed by atoms with van der Waals surface area (Å²) in [5, 5.41) is 13.3. The van der Waals surface area contributed by atoms with Crippen molar-refractivity contribution in [2.45, 2.75) is 6.18 Å². The van der Waals surface area contributed by atoms with Crippen LogP contribution in [0.1, 0.15) is 15.9 Å². The van der Waals surface area contributed by atoms with Gasteiger partial charge >= 0.3 is 6.18 Å². The van der Waals surface area contributed by atoms with Crippen molar-refractivity contribution in [2.75, 3.05) is 25.6 Å². The van der Waals surface area contributed by atoms with E-state index in [1.165, 1.54) is 19.2 Å². The van der Waals surface area contributed by atoms with E-state index in [9.17, 15) is 28.1 Å². The molecule has 1 amide bonds. The summed E-state index contributed by atoms with van der Waals surface area (Å²) in [6, 6.07) is 6.24.